The molecule has 1 aliphatic heterocycles. The predicted molar refractivity (Wildman–Crippen MR) is 177 cm³/mol. The van der Waals surface area contributed by atoms with Crippen LogP contribution in [0.5, 0.6) is 5.75 Å². The zero-order chi connectivity index (χ0) is 31.8. The maximum atomic E-state index is 11.8. The third-order valence-electron chi connectivity index (χ3n) is 7.28. The number of nitro benzene ring substituents is 1. The SMILES string of the molecule is C=CC(=O)Nc1cccc(Nc2nc(Nc3ccc(N4CCN(C)CC4)cc3OC)ncc2CNc2cccc([N+](=O)[O-])c2)c1. The molecular weight excluding hydrogens is 574 g/mol. The van der Waals surface area contributed by atoms with Gasteiger partial charge in [0.2, 0.25) is 11.9 Å². The summed E-state index contributed by atoms with van der Waals surface area (Å²) in [5.41, 5.74) is 4.31. The summed E-state index contributed by atoms with van der Waals surface area (Å²) in [7, 11) is 3.75. The maximum Gasteiger partial charge on any atom is 0.271 e. The number of benzene rings is 3. The summed E-state index contributed by atoms with van der Waals surface area (Å²) in [5.74, 6) is 1.16. The zero-order valence-electron chi connectivity index (χ0n) is 25.1. The molecule has 2 heterocycles. The highest BCUT2D eigenvalue weighted by Crippen LogP contribution is 2.33. The quantitative estimate of drug-likeness (QED) is 0.0933. The molecule has 232 valence electrons. The van der Waals surface area contributed by atoms with Crippen LogP contribution in [0.1, 0.15) is 5.56 Å². The van der Waals surface area contributed by atoms with Gasteiger partial charge in [-0.25, -0.2) is 4.98 Å². The van der Waals surface area contributed by atoms with Crippen molar-refractivity contribution in [1.82, 2.24) is 14.9 Å². The molecule has 0 bridgehead atoms. The van der Waals surface area contributed by atoms with Gasteiger partial charge in [-0.3, -0.25) is 14.9 Å². The molecule has 0 spiro atoms. The average Bonchev–Trinajstić information content (AvgIpc) is 3.05. The molecular formula is C32H35N9O4. The Morgan fingerprint density at radius 3 is 2.53 bits per heavy atom. The second kappa shape index (κ2) is 14.2. The number of methoxy groups -OCH3 is 1. The van der Waals surface area contributed by atoms with E-state index in [0.717, 1.165) is 31.9 Å². The van der Waals surface area contributed by atoms with Crippen molar-refractivity contribution >= 4 is 51.8 Å². The number of piperazine rings is 1. The number of anilines is 7. The highest BCUT2D eigenvalue weighted by atomic mass is 16.6. The molecule has 13 heteroatoms. The number of likely N-dealkylation sites (N-methyl/N-ethyl adjacent to an activating group) is 1. The van der Waals surface area contributed by atoms with E-state index in [9.17, 15) is 14.9 Å². The maximum absolute atomic E-state index is 11.8. The summed E-state index contributed by atoms with van der Waals surface area (Å²) in [6, 6.07) is 19.5. The smallest absolute Gasteiger partial charge is 0.271 e. The van der Waals surface area contributed by atoms with Crippen LogP contribution in [0.2, 0.25) is 0 Å². The molecule has 1 saturated heterocycles. The minimum Gasteiger partial charge on any atom is -0.494 e. The van der Waals surface area contributed by atoms with Crippen molar-refractivity contribution in [3.05, 3.63) is 101 Å². The van der Waals surface area contributed by atoms with Gasteiger partial charge < -0.3 is 35.8 Å². The molecule has 1 aromatic heterocycles. The highest BCUT2D eigenvalue weighted by Gasteiger charge is 2.17. The molecule has 3 aromatic carbocycles. The molecule has 1 aliphatic rings. The first-order chi connectivity index (χ1) is 21.8. The largest absolute Gasteiger partial charge is 0.494 e. The molecule has 0 radical (unpaired) electrons. The van der Waals surface area contributed by atoms with Gasteiger partial charge in [0, 0.05) is 85.4 Å². The van der Waals surface area contributed by atoms with Crippen LogP contribution in [0.4, 0.5) is 45.9 Å². The fourth-order valence-electron chi connectivity index (χ4n) is 4.80. The zero-order valence-corrected chi connectivity index (χ0v) is 25.1. The van der Waals surface area contributed by atoms with Crippen molar-refractivity contribution < 1.29 is 14.5 Å². The van der Waals surface area contributed by atoms with E-state index in [4.69, 9.17) is 9.72 Å². The van der Waals surface area contributed by atoms with Crippen molar-refractivity contribution in [3.63, 3.8) is 0 Å². The van der Waals surface area contributed by atoms with Crippen LogP contribution in [-0.2, 0) is 11.3 Å². The Kier molecular flexibility index (Phi) is 9.70. The van der Waals surface area contributed by atoms with E-state index in [-0.39, 0.29) is 18.1 Å². The van der Waals surface area contributed by atoms with Gasteiger partial charge in [0.1, 0.15) is 11.6 Å². The van der Waals surface area contributed by atoms with Gasteiger partial charge in [0.05, 0.1) is 17.7 Å². The normalized spacial score (nSPS) is 13.1. The van der Waals surface area contributed by atoms with Crippen molar-refractivity contribution in [2.75, 3.05) is 66.5 Å². The van der Waals surface area contributed by atoms with Gasteiger partial charge in [-0.05, 0) is 49.5 Å². The second-order valence-electron chi connectivity index (χ2n) is 10.4. The van der Waals surface area contributed by atoms with E-state index in [1.807, 2.05) is 18.2 Å². The third kappa shape index (κ3) is 8.03. The summed E-state index contributed by atoms with van der Waals surface area (Å²) < 4.78 is 5.72. The van der Waals surface area contributed by atoms with Crippen molar-refractivity contribution in [2.24, 2.45) is 0 Å². The molecule has 4 N–H and O–H groups in total. The van der Waals surface area contributed by atoms with Crippen LogP contribution in [0.15, 0.2) is 85.6 Å². The number of hydrogen-bond donors (Lipinski definition) is 4. The lowest BCUT2D eigenvalue weighted by molar-refractivity contribution is -0.384. The molecule has 0 saturated carbocycles. The van der Waals surface area contributed by atoms with Gasteiger partial charge >= 0.3 is 0 Å². The summed E-state index contributed by atoms with van der Waals surface area (Å²) >= 11 is 0. The summed E-state index contributed by atoms with van der Waals surface area (Å²) in [6.07, 6.45) is 2.88. The van der Waals surface area contributed by atoms with Crippen molar-refractivity contribution in [3.8, 4) is 5.75 Å². The molecule has 0 unspecified atom stereocenters. The number of ether oxygens (including phenoxy) is 1. The van der Waals surface area contributed by atoms with Crippen LogP contribution in [0.25, 0.3) is 0 Å². The predicted octanol–water partition coefficient (Wildman–Crippen LogP) is 5.37. The lowest BCUT2D eigenvalue weighted by atomic mass is 10.2. The van der Waals surface area contributed by atoms with Gasteiger partial charge in [0.25, 0.3) is 5.69 Å². The van der Waals surface area contributed by atoms with Gasteiger partial charge in [-0.1, -0.05) is 18.7 Å². The first-order valence-corrected chi connectivity index (χ1v) is 14.3. The minimum absolute atomic E-state index is 0.0138. The Labute approximate surface area is 261 Å². The Morgan fingerprint density at radius 1 is 1.02 bits per heavy atom. The molecule has 45 heavy (non-hydrogen) atoms. The monoisotopic (exact) mass is 609 g/mol. The molecule has 5 rings (SSSR count). The minimum atomic E-state index is -0.439. The molecule has 1 amide bonds. The number of nitrogens with one attached hydrogen (secondary N) is 4. The van der Waals surface area contributed by atoms with Crippen LogP contribution in [-0.4, -0.2) is 66.0 Å². The summed E-state index contributed by atoms with van der Waals surface area (Å²) in [6.45, 7) is 7.65. The van der Waals surface area contributed by atoms with E-state index in [1.54, 1.807) is 43.6 Å². The van der Waals surface area contributed by atoms with E-state index in [1.165, 1.54) is 18.2 Å². The summed E-state index contributed by atoms with van der Waals surface area (Å²) in [4.78, 5) is 36.6. The Balaban J connectivity index is 1.41. The number of carbonyl (C=O) groups excluding carboxylic acids is 1. The summed E-state index contributed by atoms with van der Waals surface area (Å²) in [5, 5.41) is 23.8. The number of aromatic nitrogens is 2. The molecule has 0 aliphatic carbocycles. The number of nitrogens with zero attached hydrogens (tertiary/aromatic N) is 5. The lowest BCUT2D eigenvalue weighted by Gasteiger charge is -2.34. The van der Waals surface area contributed by atoms with Crippen LogP contribution in [0.3, 0.4) is 0 Å². The van der Waals surface area contributed by atoms with Gasteiger partial charge in [-0.2, -0.15) is 4.98 Å². The number of amides is 1. The Bertz CT molecular complexity index is 1690. The Hall–Kier alpha value is -5.69. The number of non-ortho nitro benzene ring substituents is 1. The molecule has 4 aromatic rings. The van der Waals surface area contributed by atoms with Crippen LogP contribution < -0.4 is 30.9 Å². The molecule has 1 fully saturated rings. The van der Waals surface area contributed by atoms with E-state index in [2.05, 4.69) is 55.7 Å². The number of rotatable bonds is 12. The number of nitro groups is 1. The van der Waals surface area contributed by atoms with E-state index in [0.29, 0.717) is 45.8 Å². The van der Waals surface area contributed by atoms with Gasteiger partial charge in [-0.15, -0.1) is 0 Å². The Morgan fingerprint density at radius 2 is 1.78 bits per heavy atom. The van der Waals surface area contributed by atoms with Crippen molar-refractivity contribution in [1.29, 1.82) is 0 Å². The van der Waals surface area contributed by atoms with Crippen molar-refractivity contribution in [2.45, 2.75) is 6.54 Å². The fraction of sp³-hybridized carbons (Fsp3) is 0.219. The first kappa shape index (κ1) is 30.8. The second-order valence-corrected chi connectivity index (χ2v) is 10.4. The van der Waals surface area contributed by atoms with E-state index >= 15 is 0 Å². The molecule has 0 atom stereocenters. The lowest BCUT2D eigenvalue weighted by Crippen LogP contribution is -2.44. The fourth-order valence-corrected chi connectivity index (χ4v) is 4.80. The van der Waals surface area contributed by atoms with Crippen LogP contribution >= 0.6 is 0 Å². The number of hydrogen-bond acceptors (Lipinski definition) is 11. The highest BCUT2D eigenvalue weighted by molar-refractivity contribution is 5.99. The third-order valence-corrected chi connectivity index (χ3v) is 7.28. The average molecular weight is 610 g/mol. The first-order valence-electron chi connectivity index (χ1n) is 14.3. The standard InChI is InChI=1S/C32H35N9O4/c1-4-30(42)35-24-8-5-9-25(17-24)36-31-22(20-33-23-7-6-10-27(18-23)41(43)44)21-34-32(38-31)37-28-12-11-26(19-29(28)45-3)40-15-13-39(2)14-16-40/h4-12,17-19,21,33H,1,13-16,20H2,2-3H3,(H,35,42)(H2,34,36,37,38). The number of carbonyl (C=O) groups is 1. The van der Waals surface area contributed by atoms with Crippen LogP contribution in [0, 0.1) is 10.1 Å². The van der Waals surface area contributed by atoms with E-state index < -0.39 is 4.92 Å². The molecule has 13 nitrogen and oxygen atoms in total. The topological polar surface area (TPSA) is 150 Å². The van der Waals surface area contributed by atoms with Gasteiger partial charge in [0.15, 0.2) is 0 Å².